The van der Waals surface area contributed by atoms with Gasteiger partial charge in [0.25, 0.3) is 0 Å². The number of benzene rings is 1. The van der Waals surface area contributed by atoms with E-state index in [-0.39, 0.29) is 6.04 Å². The van der Waals surface area contributed by atoms with Gasteiger partial charge in [0.2, 0.25) is 0 Å². The summed E-state index contributed by atoms with van der Waals surface area (Å²) in [5, 5.41) is 5.09. The van der Waals surface area contributed by atoms with Crippen LogP contribution in [0.3, 0.4) is 0 Å². The van der Waals surface area contributed by atoms with Crippen molar-refractivity contribution in [3.05, 3.63) is 48.0 Å². The van der Waals surface area contributed by atoms with E-state index in [2.05, 4.69) is 20.0 Å². The summed E-state index contributed by atoms with van der Waals surface area (Å²) >= 11 is 0. The van der Waals surface area contributed by atoms with Gasteiger partial charge in [0, 0.05) is 37.1 Å². The minimum atomic E-state index is -4.47. The average Bonchev–Trinajstić information content (AvgIpc) is 2.96. The first-order valence-corrected chi connectivity index (χ1v) is 8.09. The van der Waals surface area contributed by atoms with Crippen molar-refractivity contribution >= 4 is 16.8 Å². The van der Waals surface area contributed by atoms with E-state index >= 15 is 0 Å². The summed E-state index contributed by atoms with van der Waals surface area (Å²) in [6, 6.07) is 8.84. The van der Waals surface area contributed by atoms with Gasteiger partial charge in [0.15, 0.2) is 5.58 Å². The molecule has 3 heterocycles. The zero-order chi connectivity index (χ0) is 18.3. The molecule has 1 aromatic carbocycles. The zero-order valence-electron chi connectivity index (χ0n) is 13.9. The second kappa shape index (κ2) is 6.24. The molecule has 0 spiro atoms. The molecule has 6 nitrogen and oxygen atoms in total. The van der Waals surface area contributed by atoms with Crippen LogP contribution in [0.15, 0.2) is 41.2 Å². The summed E-state index contributed by atoms with van der Waals surface area (Å²) in [6.45, 7) is 1.80. The van der Waals surface area contributed by atoms with Crippen molar-refractivity contribution in [2.45, 2.75) is 18.8 Å². The van der Waals surface area contributed by atoms with Gasteiger partial charge in [-0.25, -0.2) is 9.97 Å². The van der Waals surface area contributed by atoms with Crippen LogP contribution in [0, 0.1) is 0 Å². The summed E-state index contributed by atoms with van der Waals surface area (Å²) in [4.78, 5) is 11.2. The third-order valence-corrected chi connectivity index (χ3v) is 4.60. The lowest BCUT2D eigenvalue weighted by molar-refractivity contribution is -0.141. The van der Waals surface area contributed by atoms with Gasteiger partial charge in [0.1, 0.15) is 23.5 Å². The van der Waals surface area contributed by atoms with Crippen molar-refractivity contribution in [3.8, 4) is 0 Å². The Hall–Kier alpha value is -2.68. The lowest BCUT2D eigenvalue weighted by Crippen LogP contribution is -2.58. The van der Waals surface area contributed by atoms with Crippen molar-refractivity contribution < 1.29 is 17.7 Å². The van der Waals surface area contributed by atoms with E-state index in [1.807, 2.05) is 31.3 Å². The Morgan fingerprint density at radius 2 is 2.00 bits per heavy atom. The maximum atomic E-state index is 12.8. The molecule has 3 aromatic rings. The molecule has 9 heteroatoms. The van der Waals surface area contributed by atoms with E-state index in [1.54, 1.807) is 4.90 Å². The first-order chi connectivity index (χ1) is 12.4. The molecule has 0 N–H and O–H groups in total. The third-order valence-electron chi connectivity index (χ3n) is 4.60. The van der Waals surface area contributed by atoms with Gasteiger partial charge in [-0.05, 0) is 19.2 Å². The van der Waals surface area contributed by atoms with Crippen LogP contribution in [0.4, 0.5) is 19.0 Å². The molecule has 0 amide bonds. The summed E-state index contributed by atoms with van der Waals surface area (Å²) in [7, 11) is 1.96. The Morgan fingerprint density at radius 1 is 1.23 bits per heavy atom. The fourth-order valence-electron chi connectivity index (χ4n) is 3.01. The van der Waals surface area contributed by atoms with Gasteiger partial charge in [-0.3, -0.25) is 4.90 Å². The number of halogens is 3. The number of nitrogens with zero attached hydrogens (tertiary/aromatic N) is 5. The molecule has 1 fully saturated rings. The zero-order valence-corrected chi connectivity index (χ0v) is 13.9. The maximum Gasteiger partial charge on any atom is 0.433 e. The summed E-state index contributed by atoms with van der Waals surface area (Å²) in [5.74, 6) is 0.295. The van der Waals surface area contributed by atoms with Crippen LogP contribution in [0.5, 0.6) is 0 Å². The highest BCUT2D eigenvalue weighted by molar-refractivity contribution is 5.79. The predicted octanol–water partition coefficient (Wildman–Crippen LogP) is 2.96. The fourth-order valence-corrected chi connectivity index (χ4v) is 3.01. The molecular formula is C17H16F3N5O. The van der Waals surface area contributed by atoms with Gasteiger partial charge in [-0.15, -0.1) is 0 Å². The standard InChI is InChI=1S/C17H16F3N5O/c1-24(9-13-12-4-2-3-5-14(12)26-23-13)11-7-25(8-11)16-6-15(17(18,19)20)21-10-22-16/h2-6,10-11H,7-9H2,1H3. The Labute approximate surface area is 147 Å². The highest BCUT2D eigenvalue weighted by atomic mass is 19.4. The number of fused-ring (bicyclic) bond motifs is 1. The number of alkyl halides is 3. The van der Waals surface area contributed by atoms with Gasteiger partial charge >= 0.3 is 6.18 Å². The van der Waals surface area contributed by atoms with E-state index in [1.165, 1.54) is 0 Å². The number of hydrogen-bond acceptors (Lipinski definition) is 6. The minimum absolute atomic E-state index is 0.203. The number of aromatic nitrogens is 3. The molecule has 0 bridgehead atoms. The average molecular weight is 363 g/mol. The van der Waals surface area contributed by atoms with Crippen LogP contribution < -0.4 is 4.90 Å². The molecule has 0 unspecified atom stereocenters. The molecule has 4 rings (SSSR count). The Bertz CT molecular complexity index is 920. The molecule has 0 aliphatic carbocycles. The number of rotatable bonds is 4. The van der Waals surface area contributed by atoms with Crippen LogP contribution in [-0.2, 0) is 12.7 Å². The lowest BCUT2D eigenvalue weighted by atomic mass is 10.1. The van der Waals surface area contributed by atoms with Gasteiger partial charge in [0.05, 0.1) is 0 Å². The SMILES string of the molecule is CN(Cc1noc2ccccc12)C1CN(c2cc(C(F)(F)F)ncn2)C1. The second-order valence-electron chi connectivity index (χ2n) is 6.36. The van der Waals surface area contributed by atoms with E-state index in [9.17, 15) is 13.2 Å². The van der Waals surface area contributed by atoms with Crippen LogP contribution in [-0.4, -0.2) is 46.2 Å². The molecule has 0 radical (unpaired) electrons. The molecule has 26 heavy (non-hydrogen) atoms. The molecule has 136 valence electrons. The molecule has 1 aliphatic rings. The molecule has 0 saturated carbocycles. The number of hydrogen-bond donors (Lipinski definition) is 0. The Morgan fingerprint density at radius 3 is 2.77 bits per heavy atom. The maximum absolute atomic E-state index is 12.8. The first-order valence-electron chi connectivity index (χ1n) is 8.09. The minimum Gasteiger partial charge on any atom is -0.356 e. The van der Waals surface area contributed by atoms with Crippen molar-refractivity contribution in [2.24, 2.45) is 0 Å². The van der Waals surface area contributed by atoms with E-state index < -0.39 is 11.9 Å². The van der Waals surface area contributed by atoms with E-state index in [0.717, 1.165) is 29.1 Å². The van der Waals surface area contributed by atoms with Crippen molar-refractivity contribution in [1.29, 1.82) is 0 Å². The van der Waals surface area contributed by atoms with Crippen LogP contribution >= 0.6 is 0 Å². The number of para-hydroxylation sites is 1. The van der Waals surface area contributed by atoms with Crippen molar-refractivity contribution in [2.75, 3.05) is 25.0 Å². The summed E-state index contributed by atoms with van der Waals surface area (Å²) in [5.41, 5.74) is 0.670. The Kier molecular flexibility index (Phi) is 4.03. The largest absolute Gasteiger partial charge is 0.433 e. The Balaban J connectivity index is 1.40. The number of likely N-dealkylation sites (N-methyl/N-ethyl adjacent to an activating group) is 1. The van der Waals surface area contributed by atoms with Gasteiger partial charge in [-0.1, -0.05) is 17.3 Å². The molecule has 2 aromatic heterocycles. The lowest BCUT2D eigenvalue weighted by Gasteiger charge is -2.44. The van der Waals surface area contributed by atoms with E-state index in [0.29, 0.717) is 25.5 Å². The third kappa shape index (κ3) is 3.10. The molecular weight excluding hydrogens is 347 g/mol. The van der Waals surface area contributed by atoms with Crippen molar-refractivity contribution in [1.82, 2.24) is 20.0 Å². The fraction of sp³-hybridized carbons (Fsp3) is 0.353. The second-order valence-corrected chi connectivity index (χ2v) is 6.36. The predicted molar refractivity (Wildman–Crippen MR) is 88.5 cm³/mol. The quantitative estimate of drug-likeness (QED) is 0.710. The molecule has 0 atom stereocenters. The highest BCUT2D eigenvalue weighted by Crippen LogP contribution is 2.30. The molecule has 1 saturated heterocycles. The highest BCUT2D eigenvalue weighted by Gasteiger charge is 2.36. The normalized spacial score (nSPS) is 15.7. The first kappa shape index (κ1) is 16.8. The summed E-state index contributed by atoms with van der Waals surface area (Å²) in [6.07, 6.45) is -3.51. The van der Waals surface area contributed by atoms with Gasteiger partial charge < -0.3 is 9.42 Å². The topological polar surface area (TPSA) is 58.3 Å². The smallest absolute Gasteiger partial charge is 0.356 e. The van der Waals surface area contributed by atoms with Gasteiger partial charge in [-0.2, -0.15) is 13.2 Å². The monoisotopic (exact) mass is 363 g/mol. The van der Waals surface area contributed by atoms with Crippen LogP contribution in [0.1, 0.15) is 11.4 Å². The van der Waals surface area contributed by atoms with E-state index in [4.69, 9.17) is 4.52 Å². The number of anilines is 1. The van der Waals surface area contributed by atoms with Crippen molar-refractivity contribution in [3.63, 3.8) is 0 Å². The van der Waals surface area contributed by atoms with Crippen LogP contribution in [0.25, 0.3) is 11.0 Å². The summed E-state index contributed by atoms with van der Waals surface area (Å²) < 4.78 is 43.6. The van der Waals surface area contributed by atoms with Crippen LogP contribution in [0.2, 0.25) is 0 Å². The molecule has 1 aliphatic heterocycles.